The van der Waals surface area contributed by atoms with Crippen molar-refractivity contribution in [3.8, 4) is 11.8 Å². The number of hydrogen-bond donors (Lipinski definition) is 0. The lowest BCUT2D eigenvalue weighted by molar-refractivity contribution is -0.114. The summed E-state index contributed by atoms with van der Waals surface area (Å²) in [5, 5.41) is 0. The molecule has 3 nitrogen and oxygen atoms in total. The quantitative estimate of drug-likeness (QED) is 0.451. The van der Waals surface area contributed by atoms with Gasteiger partial charge in [0.1, 0.15) is 11.9 Å². The van der Waals surface area contributed by atoms with Crippen LogP contribution in [0.2, 0.25) is 0 Å². The molecule has 5 rings (SSSR count). The predicted molar refractivity (Wildman–Crippen MR) is 125 cm³/mol. The highest BCUT2D eigenvalue weighted by Crippen LogP contribution is 2.67. The van der Waals surface area contributed by atoms with Gasteiger partial charge in [-0.2, -0.15) is 0 Å². The van der Waals surface area contributed by atoms with Crippen LogP contribution in [0.5, 0.6) is 0 Å². The first-order chi connectivity index (χ1) is 15.5. The first kappa shape index (κ1) is 21.4. The van der Waals surface area contributed by atoms with Crippen LogP contribution in [-0.4, -0.2) is 24.8 Å². The number of aldehydes is 1. The summed E-state index contributed by atoms with van der Waals surface area (Å²) in [6, 6.07) is 8.13. The molecule has 0 saturated heterocycles. The zero-order chi connectivity index (χ0) is 22.5. The van der Waals surface area contributed by atoms with E-state index in [1.807, 2.05) is 32.2 Å². The number of rotatable bonds is 3. The Morgan fingerprint density at radius 2 is 1.91 bits per heavy atom. The summed E-state index contributed by atoms with van der Waals surface area (Å²) in [5.74, 6) is 8.26. The van der Waals surface area contributed by atoms with E-state index in [4.69, 9.17) is 4.74 Å². The van der Waals surface area contributed by atoms with Crippen LogP contribution in [0.1, 0.15) is 80.6 Å². The molecule has 166 valence electrons. The number of hydrogen-bond acceptors (Lipinski definition) is 3. The summed E-state index contributed by atoms with van der Waals surface area (Å²) in [7, 11) is 1.83. The van der Waals surface area contributed by atoms with Crippen molar-refractivity contribution in [3.63, 3.8) is 0 Å². The van der Waals surface area contributed by atoms with Gasteiger partial charge in [-0.05, 0) is 80.1 Å². The lowest BCUT2D eigenvalue weighted by Gasteiger charge is -2.54. The van der Waals surface area contributed by atoms with E-state index in [0.717, 1.165) is 44.8 Å². The van der Waals surface area contributed by atoms with E-state index in [1.165, 1.54) is 16.7 Å². The number of carbonyl (C=O) groups is 2. The van der Waals surface area contributed by atoms with Gasteiger partial charge in [-0.3, -0.25) is 9.59 Å². The average Bonchev–Trinajstić information content (AvgIpc) is 3.10. The smallest absolute Gasteiger partial charge is 0.156 e. The molecule has 4 aliphatic carbocycles. The van der Waals surface area contributed by atoms with Gasteiger partial charge in [0.05, 0.1) is 0 Å². The number of ketones is 1. The van der Waals surface area contributed by atoms with Gasteiger partial charge in [-0.15, -0.1) is 5.92 Å². The van der Waals surface area contributed by atoms with Crippen molar-refractivity contribution in [1.82, 2.24) is 0 Å². The van der Waals surface area contributed by atoms with Crippen LogP contribution in [0.25, 0.3) is 0 Å². The van der Waals surface area contributed by atoms with Crippen molar-refractivity contribution >= 4 is 12.1 Å². The maximum Gasteiger partial charge on any atom is 0.156 e. The minimum Gasteiger partial charge on any atom is -0.365 e. The van der Waals surface area contributed by atoms with Crippen molar-refractivity contribution in [1.29, 1.82) is 0 Å². The van der Waals surface area contributed by atoms with Gasteiger partial charge in [0.15, 0.2) is 5.78 Å². The highest BCUT2D eigenvalue weighted by atomic mass is 16.5. The molecule has 0 unspecified atom stereocenters. The monoisotopic (exact) mass is 428 g/mol. The normalized spacial score (nSPS) is 35.8. The second-order valence-corrected chi connectivity index (χ2v) is 10.2. The molecule has 2 fully saturated rings. The molecule has 0 aliphatic heterocycles. The van der Waals surface area contributed by atoms with E-state index < -0.39 is 5.60 Å². The van der Waals surface area contributed by atoms with E-state index in [1.54, 1.807) is 5.57 Å². The largest absolute Gasteiger partial charge is 0.365 e. The second-order valence-electron chi connectivity index (χ2n) is 10.2. The van der Waals surface area contributed by atoms with Crippen LogP contribution in [0.3, 0.4) is 0 Å². The number of allylic oxidation sites excluding steroid dienone is 4. The summed E-state index contributed by atoms with van der Waals surface area (Å²) in [5.41, 5.74) is 5.80. The Morgan fingerprint density at radius 3 is 2.59 bits per heavy atom. The molecule has 3 heteroatoms. The maximum absolute atomic E-state index is 12.2. The van der Waals surface area contributed by atoms with E-state index in [-0.39, 0.29) is 17.1 Å². The van der Waals surface area contributed by atoms with E-state index >= 15 is 0 Å². The summed E-state index contributed by atoms with van der Waals surface area (Å²) in [4.78, 5) is 23.4. The molecule has 0 spiro atoms. The minimum absolute atomic E-state index is 0.0425. The molecule has 0 aromatic heterocycles. The molecule has 0 N–H and O–H groups in total. The molecule has 4 aliphatic rings. The zero-order valence-electron chi connectivity index (χ0n) is 19.4. The zero-order valence-corrected chi connectivity index (χ0v) is 19.4. The van der Waals surface area contributed by atoms with Gasteiger partial charge in [0.25, 0.3) is 0 Å². The molecular weight excluding hydrogens is 396 g/mol. The van der Waals surface area contributed by atoms with E-state index in [9.17, 15) is 9.59 Å². The number of fused-ring (bicyclic) bond motifs is 4. The fourth-order valence-corrected chi connectivity index (χ4v) is 7.55. The number of carbonyl (C=O) groups excluding carboxylic acids is 2. The standard InChI is InChI=1S/C29H32O3/c1-4-14-29(32-3)15-13-26-24-11-9-21-16-22(31)10-12-23(21)27(24)25(17-28(26,29)2)20-7-5-19(18-30)6-8-20/h5-8,16,18,24-26H,9-13,15,17H2,1-3H3/t24-,25+,26-,28-,29-/m0/s1. The summed E-state index contributed by atoms with van der Waals surface area (Å²) in [6.45, 7) is 4.32. The first-order valence-electron chi connectivity index (χ1n) is 12.0. The Morgan fingerprint density at radius 1 is 1.12 bits per heavy atom. The minimum atomic E-state index is -0.414. The highest BCUT2D eigenvalue weighted by molar-refractivity contribution is 5.93. The average molecular weight is 429 g/mol. The van der Waals surface area contributed by atoms with Crippen LogP contribution in [0, 0.1) is 29.1 Å². The van der Waals surface area contributed by atoms with Gasteiger partial charge >= 0.3 is 0 Å². The summed E-state index contributed by atoms with van der Waals surface area (Å²) >= 11 is 0. The fourth-order valence-electron chi connectivity index (χ4n) is 7.55. The van der Waals surface area contributed by atoms with Gasteiger partial charge in [0.2, 0.25) is 0 Å². The van der Waals surface area contributed by atoms with E-state index in [2.05, 4.69) is 30.9 Å². The first-order valence-corrected chi connectivity index (χ1v) is 12.0. The molecular formula is C29H32O3. The topological polar surface area (TPSA) is 43.4 Å². The van der Waals surface area contributed by atoms with Crippen LogP contribution in [-0.2, 0) is 9.53 Å². The Labute approximate surface area is 191 Å². The molecule has 1 aromatic carbocycles. The van der Waals surface area contributed by atoms with Crippen molar-refractivity contribution in [2.75, 3.05) is 7.11 Å². The van der Waals surface area contributed by atoms with Crippen molar-refractivity contribution in [3.05, 3.63) is 58.2 Å². The van der Waals surface area contributed by atoms with Crippen molar-refractivity contribution in [2.24, 2.45) is 17.3 Å². The molecule has 5 atom stereocenters. The number of benzene rings is 1. The lowest BCUT2D eigenvalue weighted by atomic mass is 9.51. The van der Waals surface area contributed by atoms with Gasteiger partial charge in [-0.1, -0.05) is 42.7 Å². The molecule has 0 heterocycles. The van der Waals surface area contributed by atoms with Crippen molar-refractivity contribution in [2.45, 2.75) is 70.3 Å². The van der Waals surface area contributed by atoms with Crippen LogP contribution in [0.4, 0.5) is 0 Å². The second kappa shape index (κ2) is 7.85. The fraction of sp³-hybridized carbons (Fsp3) is 0.517. The molecule has 0 amide bonds. The summed E-state index contributed by atoms with van der Waals surface area (Å²) in [6.07, 6.45) is 9.50. The number of ether oxygens (including phenoxy) is 1. The lowest BCUT2D eigenvalue weighted by Crippen LogP contribution is -2.52. The van der Waals surface area contributed by atoms with Gasteiger partial charge in [-0.25, -0.2) is 0 Å². The van der Waals surface area contributed by atoms with Crippen LogP contribution < -0.4 is 0 Å². The van der Waals surface area contributed by atoms with Crippen LogP contribution in [0.15, 0.2) is 47.1 Å². The molecule has 2 saturated carbocycles. The Bertz CT molecular complexity index is 1080. The molecule has 1 aromatic rings. The third-order valence-electron chi connectivity index (χ3n) is 9.00. The highest BCUT2D eigenvalue weighted by Gasteiger charge is 2.63. The molecule has 32 heavy (non-hydrogen) atoms. The third-order valence-corrected chi connectivity index (χ3v) is 9.00. The van der Waals surface area contributed by atoms with Gasteiger partial charge < -0.3 is 4.74 Å². The molecule has 0 bridgehead atoms. The maximum atomic E-state index is 12.2. The number of methoxy groups -OCH3 is 1. The Kier molecular flexibility index (Phi) is 5.25. The Balaban J connectivity index is 1.69. The third kappa shape index (κ3) is 3.00. The Hall–Kier alpha value is -2.44. The van der Waals surface area contributed by atoms with Crippen molar-refractivity contribution < 1.29 is 14.3 Å². The van der Waals surface area contributed by atoms with Crippen LogP contribution >= 0.6 is 0 Å². The predicted octanol–water partition coefficient (Wildman–Crippen LogP) is 5.81. The van der Waals surface area contributed by atoms with Gasteiger partial charge in [0, 0.05) is 30.4 Å². The molecule has 0 radical (unpaired) electrons. The SMILES string of the molecule is CC#C[C@]1(OC)CC[C@H]2[C@@H]3CCC4=CC(=O)CCC4=C3[C@@H](c3ccc(C=O)cc3)C[C@@]21C. The van der Waals surface area contributed by atoms with E-state index in [0.29, 0.717) is 23.8 Å². The summed E-state index contributed by atoms with van der Waals surface area (Å²) < 4.78 is 6.24.